The Labute approximate surface area is 137 Å². The fraction of sp³-hybridized carbons (Fsp3) is 0.125. The maximum absolute atomic E-state index is 11.1. The molecule has 0 radical (unpaired) electrons. The van der Waals surface area contributed by atoms with E-state index in [1.54, 1.807) is 40.8 Å². The van der Waals surface area contributed by atoms with Gasteiger partial charge in [0.25, 0.3) is 0 Å². The average Bonchev–Trinajstić information content (AvgIpc) is 3.04. The molecule has 3 rings (SSSR count). The van der Waals surface area contributed by atoms with Crippen molar-refractivity contribution in [1.82, 2.24) is 20.2 Å². The molecule has 0 aliphatic heterocycles. The lowest BCUT2D eigenvalue weighted by Gasteiger charge is -2.01. The second-order valence-electron chi connectivity index (χ2n) is 4.93. The van der Waals surface area contributed by atoms with Crippen LogP contribution in [-0.4, -0.2) is 32.4 Å². The summed E-state index contributed by atoms with van der Waals surface area (Å²) in [4.78, 5) is 13.8. The molecule has 0 fully saturated rings. The second kappa shape index (κ2) is 6.62. The number of nitrogens with zero attached hydrogens (tertiary/aromatic N) is 4. The Bertz CT molecular complexity index is 811. The van der Waals surface area contributed by atoms with Gasteiger partial charge in [0.15, 0.2) is 0 Å². The Morgan fingerprint density at radius 2 is 1.83 bits per heavy atom. The summed E-state index contributed by atoms with van der Waals surface area (Å²) in [5, 5.41) is 12.5. The number of tetrazole rings is 1. The maximum Gasteiger partial charge on any atom is 0.248 e. The Balaban J connectivity index is 1.75. The van der Waals surface area contributed by atoms with Crippen molar-refractivity contribution < 1.29 is 4.79 Å². The summed E-state index contributed by atoms with van der Waals surface area (Å²) >= 11 is 1.71. The van der Waals surface area contributed by atoms with Crippen molar-refractivity contribution in [3.63, 3.8) is 0 Å². The van der Waals surface area contributed by atoms with Gasteiger partial charge in [-0.05, 0) is 41.3 Å². The zero-order valence-corrected chi connectivity index (χ0v) is 13.3. The van der Waals surface area contributed by atoms with Gasteiger partial charge in [-0.3, -0.25) is 4.79 Å². The number of carbonyl (C=O) groups is 1. The third kappa shape index (κ3) is 3.57. The molecule has 1 aromatic heterocycles. The highest BCUT2D eigenvalue weighted by Gasteiger charge is 2.07. The molecule has 0 saturated heterocycles. The van der Waals surface area contributed by atoms with Gasteiger partial charge in [0, 0.05) is 16.0 Å². The van der Waals surface area contributed by atoms with Gasteiger partial charge in [-0.1, -0.05) is 24.3 Å². The summed E-state index contributed by atoms with van der Waals surface area (Å²) < 4.78 is 0. The minimum atomic E-state index is -0.457. The highest BCUT2D eigenvalue weighted by molar-refractivity contribution is 7.98. The highest BCUT2D eigenvalue weighted by atomic mass is 32.2. The number of amides is 1. The Kier molecular flexibility index (Phi) is 4.38. The normalized spacial score (nSPS) is 10.7. The van der Waals surface area contributed by atoms with E-state index < -0.39 is 5.91 Å². The maximum atomic E-state index is 11.1. The number of nitrogens with two attached hydrogens (primary N) is 1. The third-order valence-corrected chi connectivity index (χ3v) is 4.11. The fourth-order valence-electron chi connectivity index (χ4n) is 2.10. The Morgan fingerprint density at radius 3 is 2.43 bits per heavy atom. The predicted molar refractivity (Wildman–Crippen MR) is 89.1 cm³/mol. The van der Waals surface area contributed by atoms with Crippen molar-refractivity contribution in [1.29, 1.82) is 0 Å². The molecule has 0 saturated carbocycles. The Hall–Kier alpha value is -2.67. The molecule has 0 aliphatic carbocycles. The first-order valence-corrected chi connectivity index (χ1v) is 8.19. The van der Waals surface area contributed by atoms with Crippen LogP contribution in [0.25, 0.3) is 11.4 Å². The summed E-state index contributed by atoms with van der Waals surface area (Å²) in [7, 11) is 0. The first-order valence-electron chi connectivity index (χ1n) is 6.96. The topological polar surface area (TPSA) is 86.7 Å². The second-order valence-corrected chi connectivity index (χ2v) is 5.81. The van der Waals surface area contributed by atoms with Crippen LogP contribution in [-0.2, 0) is 6.54 Å². The van der Waals surface area contributed by atoms with Gasteiger partial charge < -0.3 is 5.73 Å². The Morgan fingerprint density at radius 1 is 1.13 bits per heavy atom. The zero-order valence-electron chi connectivity index (χ0n) is 12.5. The smallest absolute Gasteiger partial charge is 0.248 e. The molecule has 0 bridgehead atoms. The van der Waals surface area contributed by atoms with Crippen LogP contribution in [0.15, 0.2) is 53.4 Å². The van der Waals surface area contributed by atoms with Crippen molar-refractivity contribution in [2.45, 2.75) is 11.4 Å². The van der Waals surface area contributed by atoms with Crippen molar-refractivity contribution in [2.75, 3.05) is 6.26 Å². The van der Waals surface area contributed by atoms with Crippen molar-refractivity contribution in [2.24, 2.45) is 5.73 Å². The van der Waals surface area contributed by atoms with E-state index in [9.17, 15) is 4.79 Å². The standard InChI is InChI=1S/C16H15N5OS/c1-23-14-8-2-11(3-9-14)10-21-19-16(18-20-21)13-6-4-12(5-7-13)15(17)22/h2-9H,10H2,1H3,(H2,17,22). The van der Waals surface area contributed by atoms with Crippen LogP contribution in [0.4, 0.5) is 0 Å². The van der Waals surface area contributed by atoms with Crippen molar-refractivity contribution in [3.8, 4) is 11.4 Å². The van der Waals surface area contributed by atoms with Gasteiger partial charge in [-0.2, -0.15) is 4.80 Å². The van der Waals surface area contributed by atoms with Crippen LogP contribution in [0, 0.1) is 0 Å². The van der Waals surface area contributed by atoms with Crippen LogP contribution in [0.2, 0.25) is 0 Å². The minimum absolute atomic E-state index is 0.454. The average molecular weight is 325 g/mol. The number of carbonyl (C=O) groups excluding carboxylic acids is 1. The molecule has 116 valence electrons. The summed E-state index contributed by atoms with van der Waals surface area (Å²) in [5.41, 5.74) is 7.58. The largest absolute Gasteiger partial charge is 0.366 e. The SMILES string of the molecule is CSc1ccc(Cn2nnc(-c3ccc(C(N)=O)cc3)n2)cc1. The van der Waals surface area contributed by atoms with E-state index in [4.69, 9.17) is 5.73 Å². The van der Waals surface area contributed by atoms with E-state index in [2.05, 4.69) is 39.7 Å². The summed E-state index contributed by atoms with van der Waals surface area (Å²) in [5.74, 6) is 0.0589. The molecular formula is C16H15N5OS. The molecule has 7 heteroatoms. The van der Waals surface area contributed by atoms with E-state index in [0.717, 1.165) is 11.1 Å². The zero-order chi connectivity index (χ0) is 16.2. The van der Waals surface area contributed by atoms with E-state index in [1.807, 2.05) is 6.26 Å². The number of benzene rings is 2. The highest BCUT2D eigenvalue weighted by Crippen LogP contribution is 2.16. The first kappa shape index (κ1) is 15.2. The summed E-state index contributed by atoms with van der Waals surface area (Å²) in [6.45, 7) is 0.557. The van der Waals surface area contributed by atoms with E-state index in [-0.39, 0.29) is 0 Å². The number of rotatable bonds is 5. The summed E-state index contributed by atoms with van der Waals surface area (Å²) in [6.07, 6.45) is 2.05. The molecular weight excluding hydrogens is 310 g/mol. The summed E-state index contributed by atoms with van der Waals surface area (Å²) in [6, 6.07) is 15.1. The molecule has 2 N–H and O–H groups in total. The molecule has 2 aromatic carbocycles. The van der Waals surface area contributed by atoms with Gasteiger partial charge in [-0.15, -0.1) is 22.0 Å². The van der Waals surface area contributed by atoms with Gasteiger partial charge in [0.2, 0.25) is 11.7 Å². The van der Waals surface area contributed by atoms with Gasteiger partial charge in [0.05, 0.1) is 6.54 Å². The number of hydrogen-bond donors (Lipinski definition) is 1. The monoisotopic (exact) mass is 325 g/mol. The lowest BCUT2D eigenvalue weighted by molar-refractivity contribution is 0.100. The number of primary amides is 1. The molecule has 6 nitrogen and oxygen atoms in total. The van der Waals surface area contributed by atoms with Crippen LogP contribution in [0.1, 0.15) is 15.9 Å². The quantitative estimate of drug-likeness (QED) is 0.727. The van der Waals surface area contributed by atoms with Crippen LogP contribution in [0.5, 0.6) is 0 Å². The number of hydrogen-bond acceptors (Lipinski definition) is 5. The molecule has 0 unspecified atom stereocenters. The molecule has 23 heavy (non-hydrogen) atoms. The first-order chi connectivity index (χ1) is 11.2. The van der Waals surface area contributed by atoms with E-state index in [1.165, 1.54) is 4.90 Å². The van der Waals surface area contributed by atoms with Crippen molar-refractivity contribution >= 4 is 17.7 Å². The van der Waals surface area contributed by atoms with Crippen molar-refractivity contribution in [3.05, 3.63) is 59.7 Å². The molecule has 3 aromatic rings. The predicted octanol–water partition coefficient (Wildman–Crippen LogP) is 2.21. The fourth-order valence-corrected chi connectivity index (χ4v) is 2.51. The van der Waals surface area contributed by atoms with Gasteiger partial charge in [0.1, 0.15) is 0 Å². The molecule has 1 amide bonds. The number of thioether (sulfide) groups is 1. The van der Waals surface area contributed by atoms with E-state index >= 15 is 0 Å². The molecule has 1 heterocycles. The van der Waals surface area contributed by atoms with Crippen LogP contribution in [0.3, 0.4) is 0 Å². The lowest BCUT2D eigenvalue weighted by atomic mass is 10.1. The molecule has 0 spiro atoms. The van der Waals surface area contributed by atoms with Crippen LogP contribution >= 0.6 is 11.8 Å². The minimum Gasteiger partial charge on any atom is -0.366 e. The number of aromatic nitrogens is 4. The van der Waals surface area contributed by atoms with E-state index in [0.29, 0.717) is 17.9 Å². The third-order valence-electron chi connectivity index (χ3n) is 3.36. The van der Waals surface area contributed by atoms with Gasteiger partial charge >= 0.3 is 0 Å². The van der Waals surface area contributed by atoms with Gasteiger partial charge in [-0.25, -0.2) is 0 Å². The molecule has 0 aliphatic rings. The van der Waals surface area contributed by atoms with Crippen LogP contribution < -0.4 is 5.73 Å². The molecule has 0 atom stereocenters. The lowest BCUT2D eigenvalue weighted by Crippen LogP contribution is -2.10.